The Hall–Kier alpha value is -1.93. The third-order valence-corrected chi connectivity index (χ3v) is 5.86. The van der Waals surface area contributed by atoms with E-state index in [4.69, 9.17) is 0 Å². The lowest BCUT2D eigenvalue weighted by Crippen LogP contribution is -2.14. The molecule has 0 saturated heterocycles. The zero-order valence-corrected chi connectivity index (χ0v) is 14.9. The maximum atomic E-state index is 11.9. The molecule has 1 fully saturated rings. The number of methoxy groups -OCH3 is 1. The summed E-state index contributed by atoms with van der Waals surface area (Å²) in [5, 5.41) is 11.5. The van der Waals surface area contributed by atoms with Crippen molar-refractivity contribution >= 4 is 40.1 Å². The minimum atomic E-state index is -0.344. The average molecular weight is 363 g/mol. The summed E-state index contributed by atoms with van der Waals surface area (Å²) in [7, 11) is 1.36. The highest BCUT2D eigenvalue weighted by atomic mass is 32.2. The highest BCUT2D eigenvalue weighted by molar-refractivity contribution is 8.00. The van der Waals surface area contributed by atoms with E-state index in [9.17, 15) is 9.59 Å². The lowest BCUT2D eigenvalue weighted by atomic mass is 10.1. The van der Waals surface area contributed by atoms with E-state index in [1.165, 1.54) is 18.4 Å². The molecule has 1 aromatic heterocycles. The molecule has 1 heterocycles. The van der Waals surface area contributed by atoms with Gasteiger partial charge < -0.3 is 10.1 Å². The molecule has 0 spiro atoms. The van der Waals surface area contributed by atoms with Crippen LogP contribution in [0.25, 0.3) is 0 Å². The third-order valence-electron chi connectivity index (χ3n) is 3.82. The van der Waals surface area contributed by atoms with E-state index in [0.29, 0.717) is 22.4 Å². The van der Waals surface area contributed by atoms with Crippen molar-refractivity contribution in [2.45, 2.75) is 23.4 Å². The monoisotopic (exact) mass is 363 g/mol. The Balaban J connectivity index is 1.51. The molecule has 0 bridgehead atoms. The van der Waals surface area contributed by atoms with Crippen LogP contribution in [0.4, 0.5) is 5.13 Å². The summed E-state index contributed by atoms with van der Waals surface area (Å²) in [5.41, 5.74) is 1.60. The predicted molar refractivity (Wildman–Crippen MR) is 93.2 cm³/mol. The molecule has 1 N–H and O–H groups in total. The molecule has 3 rings (SSSR count). The minimum Gasteiger partial charge on any atom is -0.465 e. The third kappa shape index (κ3) is 4.12. The molecule has 126 valence electrons. The first-order valence-corrected chi connectivity index (χ1v) is 9.31. The second-order valence-corrected chi connectivity index (χ2v) is 7.86. The van der Waals surface area contributed by atoms with Gasteiger partial charge >= 0.3 is 5.97 Å². The van der Waals surface area contributed by atoms with Crippen LogP contribution in [0, 0.1) is 11.8 Å². The molecule has 1 aliphatic carbocycles. The van der Waals surface area contributed by atoms with Crippen LogP contribution in [0.5, 0.6) is 0 Å². The van der Waals surface area contributed by atoms with Crippen LogP contribution < -0.4 is 5.32 Å². The highest BCUT2D eigenvalue weighted by Crippen LogP contribution is 2.39. The van der Waals surface area contributed by atoms with E-state index in [1.807, 2.05) is 12.1 Å². The molecule has 6 nitrogen and oxygen atoms in total. The number of hydrogen-bond donors (Lipinski definition) is 1. The molecular weight excluding hydrogens is 346 g/mol. The lowest BCUT2D eigenvalue weighted by molar-refractivity contribution is -0.117. The fourth-order valence-electron chi connectivity index (χ4n) is 2.20. The first-order valence-electron chi connectivity index (χ1n) is 7.51. The van der Waals surface area contributed by atoms with E-state index < -0.39 is 0 Å². The number of nitrogens with zero attached hydrogens (tertiary/aromatic N) is 2. The molecule has 1 aliphatic rings. The van der Waals surface area contributed by atoms with Crippen molar-refractivity contribution in [1.82, 2.24) is 10.2 Å². The van der Waals surface area contributed by atoms with E-state index in [-0.39, 0.29) is 17.8 Å². The normalized spacial score (nSPS) is 18.9. The molecule has 1 amide bonds. The topological polar surface area (TPSA) is 81.2 Å². The van der Waals surface area contributed by atoms with Crippen LogP contribution in [0.3, 0.4) is 0 Å². The van der Waals surface area contributed by atoms with Crippen LogP contribution in [0.1, 0.15) is 29.3 Å². The van der Waals surface area contributed by atoms with Crippen molar-refractivity contribution in [3.63, 3.8) is 0 Å². The van der Waals surface area contributed by atoms with E-state index in [1.54, 1.807) is 23.9 Å². The Morgan fingerprint density at radius 1 is 1.33 bits per heavy atom. The number of carbonyl (C=O) groups excluding carboxylic acids is 2. The van der Waals surface area contributed by atoms with E-state index in [2.05, 4.69) is 27.2 Å². The summed E-state index contributed by atoms with van der Waals surface area (Å²) >= 11 is 2.92. The maximum Gasteiger partial charge on any atom is 0.337 e. The number of anilines is 1. The van der Waals surface area contributed by atoms with Gasteiger partial charge in [0.25, 0.3) is 0 Å². The smallest absolute Gasteiger partial charge is 0.337 e. The molecule has 1 aromatic carbocycles. The number of rotatable bonds is 6. The van der Waals surface area contributed by atoms with Crippen LogP contribution in [0.15, 0.2) is 28.6 Å². The molecule has 2 aromatic rings. The van der Waals surface area contributed by atoms with E-state index in [0.717, 1.165) is 16.3 Å². The summed E-state index contributed by atoms with van der Waals surface area (Å²) in [6, 6.07) is 7.25. The number of nitrogens with one attached hydrogen (secondary N) is 1. The number of esters is 1. The van der Waals surface area contributed by atoms with Gasteiger partial charge in [-0.05, 0) is 30.0 Å². The van der Waals surface area contributed by atoms with Gasteiger partial charge in [0, 0.05) is 11.7 Å². The number of amides is 1. The van der Waals surface area contributed by atoms with Crippen molar-refractivity contribution in [3.05, 3.63) is 35.4 Å². The Kier molecular flexibility index (Phi) is 5.15. The Morgan fingerprint density at radius 2 is 2.04 bits per heavy atom. The molecule has 24 heavy (non-hydrogen) atoms. The van der Waals surface area contributed by atoms with Crippen LogP contribution in [0.2, 0.25) is 0 Å². The molecule has 8 heteroatoms. The summed E-state index contributed by atoms with van der Waals surface area (Å²) in [4.78, 5) is 23.3. The largest absolute Gasteiger partial charge is 0.465 e. The second-order valence-electron chi connectivity index (χ2n) is 5.66. The van der Waals surface area contributed by atoms with Crippen molar-refractivity contribution < 1.29 is 14.3 Å². The van der Waals surface area contributed by atoms with Crippen LogP contribution >= 0.6 is 23.1 Å². The molecule has 0 radical (unpaired) electrons. The highest BCUT2D eigenvalue weighted by Gasteiger charge is 2.39. The first kappa shape index (κ1) is 16.9. The summed E-state index contributed by atoms with van der Waals surface area (Å²) in [6.45, 7) is 2.07. The Morgan fingerprint density at radius 3 is 2.67 bits per heavy atom. The standard InChI is InChI=1S/C16H17N3O3S2/c1-9-7-12(9)13(20)17-15-18-19-16(24-15)23-8-10-3-5-11(6-4-10)14(21)22-2/h3-6,9,12H,7-8H2,1-2H3,(H,17,18,20)/t9-,12-/m0/s1. The molecular formula is C16H17N3O3S2. The molecule has 2 atom stereocenters. The van der Waals surface area contributed by atoms with Crippen LogP contribution in [-0.4, -0.2) is 29.2 Å². The number of thioether (sulfide) groups is 1. The number of carbonyl (C=O) groups is 2. The molecule has 0 aliphatic heterocycles. The summed E-state index contributed by atoms with van der Waals surface area (Å²) in [6.07, 6.45) is 0.952. The zero-order chi connectivity index (χ0) is 17.1. The second kappa shape index (κ2) is 7.31. The molecule has 1 saturated carbocycles. The Labute approximate surface area is 148 Å². The molecule has 0 unspecified atom stereocenters. The quantitative estimate of drug-likeness (QED) is 0.482. The fraction of sp³-hybridized carbons (Fsp3) is 0.375. The van der Waals surface area contributed by atoms with Crippen molar-refractivity contribution in [1.29, 1.82) is 0 Å². The fourth-order valence-corrected chi connectivity index (χ4v) is 3.91. The van der Waals surface area contributed by atoms with Gasteiger partial charge in [-0.3, -0.25) is 4.79 Å². The van der Waals surface area contributed by atoms with Crippen molar-refractivity contribution in [2.24, 2.45) is 11.8 Å². The zero-order valence-electron chi connectivity index (χ0n) is 13.3. The van der Waals surface area contributed by atoms with Gasteiger partial charge in [-0.25, -0.2) is 4.79 Å². The van der Waals surface area contributed by atoms with Crippen LogP contribution in [-0.2, 0) is 15.3 Å². The van der Waals surface area contributed by atoms with Gasteiger partial charge in [-0.15, -0.1) is 10.2 Å². The number of ether oxygens (including phenoxy) is 1. The Bertz CT molecular complexity index is 745. The number of aromatic nitrogens is 2. The first-order chi connectivity index (χ1) is 11.6. The van der Waals surface area contributed by atoms with Crippen molar-refractivity contribution in [3.8, 4) is 0 Å². The van der Waals surface area contributed by atoms with Gasteiger partial charge in [-0.1, -0.05) is 42.2 Å². The SMILES string of the molecule is COC(=O)c1ccc(CSc2nnc(NC(=O)[C@H]3C[C@@H]3C)s2)cc1. The van der Waals surface area contributed by atoms with Crippen molar-refractivity contribution in [2.75, 3.05) is 12.4 Å². The van der Waals surface area contributed by atoms with Gasteiger partial charge in [0.15, 0.2) is 4.34 Å². The van der Waals surface area contributed by atoms with E-state index >= 15 is 0 Å². The number of hydrogen-bond acceptors (Lipinski definition) is 7. The summed E-state index contributed by atoms with van der Waals surface area (Å²) < 4.78 is 5.47. The minimum absolute atomic E-state index is 0.0357. The maximum absolute atomic E-state index is 11.9. The predicted octanol–water partition coefficient (Wildman–Crippen LogP) is 3.21. The van der Waals surface area contributed by atoms with Gasteiger partial charge in [0.05, 0.1) is 12.7 Å². The average Bonchev–Trinajstić information content (AvgIpc) is 3.17. The van der Waals surface area contributed by atoms with Gasteiger partial charge in [0.1, 0.15) is 0 Å². The lowest BCUT2D eigenvalue weighted by Gasteiger charge is -2.01. The van der Waals surface area contributed by atoms with Gasteiger partial charge in [0.2, 0.25) is 11.0 Å². The number of benzene rings is 1. The van der Waals surface area contributed by atoms with Gasteiger partial charge in [-0.2, -0.15) is 0 Å². The summed E-state index contributed by atoms with van der Waals surface area (Å²) in [5.74, 6) is 0.999.